The third-order valence-electron chi connectivity index (χ3n) is 4.05. The molecule has 1 saturated heterocycles. The Bertz CT molecular complexity index is 681. The number of benzene rings is 1. The average Bonchev–Trinajstić information content (AvgIpc) is 3.04. The Labute approximate surface area is 145 Å². The van der Waals surface area contributed by atoms with Crippen LogP contribution in [0.25, 0.3) is 0 Å². The highest BCUT2D eigenvalue weighted by Crippen LogP contribution is 2.23. The molecule has 1 unspecified atom stereocenters. The second kappa shape index (κ2) is 7.79. The molecule has 1 aromatic heterocycles. The Hall–Kier alpha value is -1.89. The van der Waals surface area contributed by atoms with Crippen molar-refractivity contribution in [3.8, 4) is 0 Å². The van der Waals surface area contributed by atoms with Crippen LogP contribution >= 0.6 is 11.6 Å². The van der Waals surface area contributed by atoms with Gasteiger partial charge in [0, 0.05) is 31.6 Å². The maximum Gasteiger partial charge on any atom is 0.273 e. The number of oxazole rings is 1. The zero-order chi connectivity index (χ0) is 16.9. The van der Waals surface area contributed by atoms with Gasteiger partial charge in [-0.3, -0.25) is 9.69 Å². The topological polar surface area (TPSA) is 67.6 Å². The zero-order valence-electron chi connectivity index (χ0n) is 13.5. The van der Waals surface area contributed by atoms with Crippen LogP contribution in [-0.2, 0) is 4.74 Å². The molecule has 1 aliphatic rings. The fraction of sp³-hybridized carbons (Fsp3) is 0.412. The molecule has 0 bridgehead atoms. The number of carbonyl (C=O) groups excluding carboxylic acids is 1. The molecule has 0 spiro atoms. The molecule has 2 aromatic rings. The van der Waals surface area contributed by atoms with Gasteiger partial charge in [0.2, 0.25) is 0 Å². The summed E-state index contributed by atoms with van der Waals surface area (Å²) in [6.45, 7) is 5.23. The molecule has 1 fully saturated rings. The number of hydrogen-bond acceptors (Lipinski definition) is 5. The molecule has 7 heteroatoms. The number of rotatable bonds is 5. The molecule has 128 valence electrons. The Morgan fingerprint density at radius 3 is 2.67 bits per heavy atom. The first-order valence-electron chi connectivity index (χ1n) is 7.91. The number of hydrogen-bond donors (Lipinski definition) is 1. The predicted octanol–water partition coefficient (Wildman–Crippen LogP) is 2.44. The van der Waals surface area contributed by atoms with Crippen LogP contribution in [0.2, 0.25) is 5.02 Å². The van der Waals surface area contributed by atoms with Crippen LogP contribution in [0, 0.1) is 6.92 Å². The van der Waals surface area contributed by atoms with Gasteiger partial charge in [-0.2, -0.15) is 0 Å². The third-order valence-corrected chi connectivity index (χ3v) is 4.30. The normalized spacial score (nSPS) is 16.8. The number of aryl methyl sites for hydroxylation is 1. The van der Waals surface area contributed by atoms with E-state index in [1.54, 1.807) is 6.92 Å². The third kappa shape index (κ3) is 4.14. The van der Waals surface area contributed by atoms with Gasteiger partial charge in [0.1, 0.15) is 6.26 Å². The van der Waals surface area contributed by atoms with Gasteiger partial charge in [-0.05, 0) is 17.7 Å². The molecule has 1 aliphatic heterocycles. The first-order chi connectivity index (χ1) is 11.6. The Kier molecular flexibility index (Phi) is 5.50. The standard InChI is InChI=1S/C17H20ClN3O3/c1-12-20-15(11-24-12)17(22)19-10-16(21-6-8-23-9-7-21)13-2-4-14(18)5-3-13/h2-5,11,16H,6-10H2,1H3,(H,19,22). The second-order valence-corrected chi connectivity index (χ2v) is 6.11. The lowest BCUT2D eigenvalue weighted by molar-refractivity contribution is 0.0162. The van der Waals surface area contributed by atoms with E-state index in [1.807, 2.05) is 24.3 Å². The number of aromatic nitrogens is 1. The van der Waals surface area contributed by atoms with Gasteiger partial charge in [0.05, 0.1) is 19.3 Å². The van der Waals surface area contributed by atoms with Gasteiger partial charge in [0.15, 0.2) is 11.6 Å². The highest BCUT2D eigenvalue weighted by molar-refractivity contribution is 6.30. The number of nitrogens with zero attached hydrogens (tertiary/aromatic N) is 2. The highest BCUT2D eigenvalue weighted by Gasteiger charge is 2.23. The minimum Gasteiger partial charge on any atom is -0.448 e. The van der Waals surface area contributed by atoms with Crippen LogP contribution in [-0.4, -0.2) is 48.6 Å². The van der Waals surface area contributed by atoms with Crippen molar-refractivity contribution >= 4 is 17.5 Å². The van der Waals surface area contributed by atoms with E-state index in [4.69, 9.17) is 20.8 Å². The van der Waals surface area contributed by atoms with E-state index in [2.05, 4.69) is 15.2 Å². The summed E-state index contributed by atoms with van der Waals surface area (Å²) < 4.78 is 10.5. The van der Waals surface area contributed by atoms with Crippen molar-refractivity contribution in [3.05, 3.63) is 52.7 Å². The van der Waals surface area contributed by atoms with E-state index in [0.717, 1.165) is 18.7 Å². The second-order valence-electron chi connectivity index (χ2n) is 5.68. The van der Waals surface area contributed by atoms with Crippen molar-refractivity contribution in [2.75, 3.05) is 32.8 Å². The van der Waals surface area contributed by atoms with Gasteiger partial charge in [-0.25, -0.2) is 4.98 Å². The SMILES string of the molecule is Cc1nc(C(=O)NCC(c2ccc(Cl)cc2)N2CCOCC2)co1. The average molecular weight is 350 g/mol. The molecule has 2 heterocycles. The van der Waals surface area contributed by atoms with Crippen LogP contribution in [0.1, 0.15) is 28.0 Å². The van der Waals surface area contributed by atoms with E-state index in [-0.39, 0.29) is 11.9 Å². The number of amides is 1. The monoisotopic (exact) mass is 349 g/mol. The summed E-state index contributed by atoms with van der Waals surface area (Å²) in [5.74, 6) is 0.238. The molecular weight excluding hydrogens is 330 g/mol. The summed E-state index contributed by atoms with van der Waals surface area (Å²) in [6, 6.07) is 7.78. The molecule has 24 heavy (non-hydrogen) atoms. The summed E-state index contributed by atoms with van der Waals surface area (Å²) in [5, 5.41) is 3.64. The molecule has 0 radical (unpaired) electrons. The van der Waals surface area contributed by atoms with E-state index in [9.17, 15) is 4.79 Å². The fourth-order valence-corrected chi connectivity index (χ4v) is 2.91. The van der Waals surface area contributed by atoms with Crippen LogP contribution in [0.4, 0.5) is 0 Å². The minimum absolute atomic E-state index is 0.0584. The Morgan fingerprint density at radius 2 is 2.04 bits per heavy atom. The summed E-state index contributed by atoms with van der Waals surface area (Å²) in [4.78, 5) is 18.6. The summed E-state index contributed by atoms with van der Waals surface area (Å²) in [5.41, 5.74) is 1.40. The summed E-state index contributed by atoms with van der Waals surface area (Å²) in [7, 11) is 0. The van der Waals surface area contributed by atoms with Crippen LogP contribution in [0.3, 0.4) is 0 Å². The summed E-state index contributed by atoms with van der Waals surface area (Å²) >= 11 is 5.99. The van der Waals surface area contributed by atoms with Crippen molar-refractivity contribution in [2.45, 2.75) is 13.0 Å². The molecule has 1 aromatic carbocycles. The van der Waals surface area contributed by atoms with Crippen LogP contribution < -0.4 is 5.32 Å². The van der Waals surface area contributed by atoms with Gasteiger partial charge in [-0.1, -0.05) is 23.7 Å². The van der Waals surface area contributed by atoms with E-state index < -0.39 is 0 Å². The van der Waals surface area contributed by atoms with E-state index in [1.165, 1.54) is 6.26 Å². The lowest BCUT2D eigenvalue weighted by atomic mass is 10.0. The quantitative estimate of drug-likeness (QED) is 0.898. The smallest absolute Gasteiger partial charge is 0.273 e. The van der Waals surface area contributed by atoms with Gasteiger partial charge in [0.25, 0.3) is 5.91 Å². The molecule has 3 rings (SSSR count). The predicted molar refractivity (Wildman–Crippen MR) is 90.2 cm³/mol. The number of morpholine rings is 1. The molecular formula is C17H20ClN3O3. The molecule has 0 saturated carbocycles. The van der Waals surface area contributed by atoms with Crippen molar-refractivity contribution in [2.24, 2.45) is 0 Å². The van der Waals surface area contributed by atoms with Gasteiger partial charge >= 0.3 is 0 Å². The number of ether oxygens (including phenoxy) is 1. The lowest BCUT2D eigenvalue weighted by Gasteiger charge is -2.34. The number of halogens is 1. The molecule has 1 N–H and O–H groups in total. The van der Waals surface area contributed by atoms with Gasteiger partial charge in [-0.15, -0.1) is 0 Å². The first kappa shape index (κ1) is 17.0. The zero-order valence-corrected chi connectivity index (χ0v) is 14.3. The van der Waals surface area contributed by atoms with E-state index in [0.29, 0.717) is 36.4 Å². The Morgan fingerprint density at radius 1 is 1.33 bits per heavy atom. The maximum absolute atomic E-state index is 12.2. The molecule has 1 atom stereocenters. The minimum atomic E-state index is -0.237. The number of carbonyl (C=O) groups is 1. The van der Waals surface area contributed by atoms with Crippen molar-refractivity contribution in [3.63, 3.8) is 0 Å². The Balaban J connectivity index is 1.71. The maximum atomic E-state index is 12.2. The van der Waals surface area contributed by atoms with Crippen LogP contribution in [0.15, 0.2) is 34.9 Å². The molecule has 6 nitrogen and oxygen atoms in total. The molecule has 0 aliphatic carbocycles. The van der Waals surface area contributed by atoms with Crippen molar-refractivity contribution < 1.29 is 13.9 Å². The lowest BCUT2D eigenvalue weighted by Crippen LogP contribution is -2.43. The van der Waals surface area contributed by atoms with Gasteiger partial charge < -0.3 is 14.5 Å². The largest absolute Gasteiger partial charge is 0.448 e. The first-order valence-corrected chi connectivity index (χ1v) is 8.29. The number of nitrogens with one attached hydrogen (secondary N) is 1. The highest BCUT2D eigenvalue weighted by atomic mass is 35.5. The molecule has 1 amide bonds. The van der Waals surface area contributed by atoms with Crippen LogP contribution in [0.5, 0.6) is 0 Å². The fourth-order valence-electron chi connectivity index (χ4n) is 2.78. The van der Waals surface area contributed by atoms with Crippen molar-refractivity contribution in [1.29, 1.82) is 0 Å². The summed E-state index contributed by atoms with van der Waals surface area (Å²) in [6.07, 6.45) is 1.37. The van der Waals surface area contributed by atoms with E-state index >= 15 is 0 Å². The van der Waals surface area contributed by atoms with Crippen molar-refractivity contribution in [1.82, 2.24) is 15.2 Å².